The normalized spacial score (nSPS) is 15.2. The Hall–Kier alpha value is -1.86. The van der Waals surface area contributed by atoms with Crippen molar-refractivity contribution in [1.29, 1.82) is 0 Å². The second-order valence-electron chi connectivity index (χ2n) is 8.45. The molecule has 1 aromatic heterocycles. The van der Waals surface area contributed by atoms with E-state index in [9.17, 15) is 14.7 Å². The zero-order valence-electron chi connectivity index (χ0n) is 18.8. The van der Waals surface area contributed by atoms with Gasteiger partial charge in [0.2, 0.25) is 0 Å². The van der Waals surface area contributed by atoms with Crippen LogP contribution in [0.5, 0.6) is 0 Å². The molecular weight excluding hydrogens is 431 g/mol. The second kappa shape index (κ2) is 10.8. The van der Waals surface area contributed by atoms with Crippen molar-refractivity contribution in [3.05, 3.63) is 64.2 Å². The number of carboxylic acids is 1. The van der Waals surface area contributed by atoms with Crippen LogP contribution in [0.2, 0.25) is 0 Å². The van der Waals surface area contributed by atoms with Gasteiger partial charge in [-0.2, -0.15) is 8.75 Å². The number of rotatable bonds is 6. The Morgan fingerprint density at radius 3 is 2.31 bits per heavy atom. The fraction of sp³-hybridized carbons (Fsp3) is 0.360. The van der Waals surface area contributed by atoms with Gasteiger partial charge in [0.05, 0.1) is 17.7 Å². The number of Topliss-reactive ketones (excluding diaryl/α,β-unsaturated/α-hetero) is 1. The van der Waals surface area contributed by atoms with Crippen molar-refractivity contribution in [3.63, 3.8) is 0 Å². The quantitative estimate of drug-likeness (QED) is 0.320. The van der Waals surface area contributed by atoms with Gasteiger partial charge in [-0.25, -0.2) is 0 Å². The fourth-order valence-electron chi connectivity index (χ4n) is 4.40. The average Bonchev–Trinajstić information content (AvgIpc) is 3.23. The molecule has 1 fully saturated rings. The first-order valence-corrected chi connectivity index (χ1v) is 11.5. The van der Waals surface area contributed by atoms with E-state index in [-0.39, 0.29) is 40.9 Å². The zero-order chi connectivity index (χ0) is 22.0. The summed E-state index contributed by atoms with van der Waals surface area (Å²) in [5.41, 5.74) is 4.70. The Morgan fingerprint density at radius 2 is 1.62 bits per heavy atom. The van der Waals surface area contributed by atoms with Crippen LogP contribution in [0.4, 0.5) is 0 Å². The number of benzene rings is 2. The van der Waals surface area contributed by atoms with E-state index in [1.165, 1.54) is 6.42 Å². The molecule has 4 rings (SSSR count). The number of ketones is 1. The predicted octanol–water partition coefficient (Wildman–Crippen LogP) is 1.67. The molecule has 0 spiro atoms. The van der Waals surface area contributed by atoms with Crippen molar-refractivity contribution in [2.45, 2.75) is 52.4 Å². The van der Waals surface area contributed by atoms with Crippen LogP contribution in [0.15, 0.2) is 42.0 Å². The molecule has 32 heavy (non-hydrogen) atoms. The molecule has 2 aromatic carbocycles. The van der Waals surface area contributed by atoms with Gasteiger partial charge in [-0.05, 0) is 61.1 Å². The Bertz CT molecular complexity index is 1180. The van der Waals surface area contributed by atoms with Crippen LogP contribution in [-0.4, -0.2) is 20.5 Å². The molecule has 0 atom stereocenters. The van der Waals surface area contributed by atoms with Gasteiger partial charge in [0.1, 0.15) is 11.0 Å². The fourth-order valence-corrected chi connectivity index (χ4v) is 4.92. The van der Waals surface area contributed by atoms with Gasteiger partial charge in [-0.15, -0.1) is 0 Å². The first-order valence-electron chi connectivity index (χ1n) is 10.7. The first kappa shape index (κ1) is 24.8. The first-order chi connectivity index (χ1) is 14.9. The summed E-state index contributed by atoms with van der Waals surface area (Å²) in [6.07, 6.45) is 5.90. The number of aromatic nitrogens is 2. The molecule has 7 heteroatoms. The summed E-state index contributed by atoms with van der Waals surface area (Å²) < 4.78 is 8.42. The van der Waals surface area contributed by atoms with Crippen molar-refractivity contribution in [2.24, 2.45) is 5.92 Å². The molecule has 0 radical (unpaired) electrons. The number of hydrogen-bond donors (Lipinski definition) is 0. The average molecular weight is 457 g/mol. The third-order valence-corrected chi connectivity index (χ3v) is 6.87. The SMILES string of the molecule is Cc1ccc(C(=O)/C(CC2CCCCC2)=C(/C(=O)[O-])c2ccc3nsnc3c2)cc1C.[Na+]. The molecule has 0 saturated heterocycles. The number of allylic oxidation sites excluding steroid dienone is 1. The molecule has 0 aliphatic heterocycles. The molecule has 1 aliphatic rings. The molecule has 0 bridgehead atoms. The van der Waals surface area contributed by atoms with E-state index in [2.05, 4.69) is 8.75 Å². The van der Waals surface area contributed by atoms with Crippen molar-refractivity contribution in [3.8, 4) is 0 Å². The van der Waals surface area contributed by atoms with Gasteiger partial charge in [0.25, 0.3) is 0 Å². The summed E-state index contributed by atoms with van der Waals surface area (Å²) >= 11 is 1.08. The van der Waals surface area contributed by atoms with Gasteiger partial charge < -0.3 is 9.90 Å². The summed E-state index contributed by atoms with van der Waals surface area (Å²) in [4.78, 5) is 26.0. The number of hydrogen-bond acceptors (Lipinski definition) is 6. The molecule has 0 unspecified atom stereocenters. The number of nitrogens with zero attached hydrogens (tertiary/aromatic N) is 2. The minimum atomic E-state index is -1.33. The number of aryl methyl sites for hydroxylation is 2. The minimum Gasteiger partial charge on any atom is -0.545 e. The van der Waals surface area contributed by atoms with E-state index >= 15 is 0 Å². The molecule has 0 amide bonds. The smallest absolute Gasteiger partial charge is 0.545 e. The standard InChI is InChI=1S/C25H26N2O3S.Na/c1-15-8-9-19(12-16(15)2)24(28)20(13-17-6-4-3-5-7-17)23(25(29)30)18-10-11-21-22(14-18)27-31-26-21;/h8-12,14,17H,3-7,13H2,1-2H3,(H,29,30);/q;+1/p-1/b23-20+;. The Morgan fingerprint density at radius 1 is 0.938 bits per heavy atom. The molecule has 5 nitrogen and oxygen atoms in total. The van der Waals surface area contributed by atoms with Crippen LogP contribution < -0.4 is 34.7 Å². The van der Waals surface area contributed by atoms with Crippen LogP contribution in [0.25, 0.3) is 16.6 Å². The van der Waals surface area contributed by atoms with Gasteiger partial charge in [0.15, 0.2) is 5.78 Å². The zero-order valence-corrected chi connectivity index (χ0v) is 21.6. The van der Waals surface area contributed by atoms with Crippen LogP contribution in [0.1, 0.15) is 65.6 Å². The van der Waals surface area contributed by atoms with Crippen molar-refractivity contribution < 1.29 is 44.3 Å². The maximum atomic E-state index is 13.6. The number of aliphatic carboxylic acids is 1. The van der Waals surface area contributed by atoms with Crippen LogP contribution >= 0.6 is 11.7 Å². The molecule has 3 aromatic rings. The minimum absolute atomic E-state index is 0. The molecule has 0 N–H and O–H groups in total. The predicted molar refractivity (Wildman–Crippen MR) is 121 cm³/mol. The maximum absolute atomic E-state index is 13.6. The summed E-state index contributed by atoms with van der Waals surface area (Å²) in [6.45, 7) is 3.95. The van der Waals surface area contributed by atoms with Gasteiger partial charge in [0, 0.05) is 16.7 Å². The molecule has 1 saturated carbocycles. The van der Waals surface area contributed by atoms with Gasteiger partial charge in [-0.3, -0.25) is 4.79 Å². The molecule has 1 heterocycles. The summed E-state index contributed by atoms with van der Waals surface area (Å²) in [7, 11) is 0. The molecule has 160 valence electrons. The van der Waals surface area contributed by atoms with E-state index in [1.807, 2.05) is 26.0 Å². The van der Waals surface area contributed by atoms with Crippen molar-refractivity contribution >= 4 is 40.1 Å². The van der Waals surface area contributed by atoms with E-state index in [1.54, 1.807) is 24.3 Å². The monoisotopic (exact) mass is 456 g/mol. The maximum Gasteiger partial charge on any atom is 1.00 e. The van der Waals surface area contributed by atoms with Crippen LogP contribution in [0.3, 0.4) is 0 Å². The number of fused-ring (bicyclic) bond motifs is 1. The largest absolute Gasteiger partial charge is 1.00 e. The number of carbonyl (C=O) groups excluding carboxylic acids is 2. The molecule has 1 aliphatic carbocycles. The van der Waals surface area contributed by atoms with Crippen LogP contribution in [-0.2, 0) is 4.79 Å². The number of carbonyl (C=O) groups is 2. The summed E-state index contributed by atoms with van der Waals surface area (Å²) in [6, 6.07) is 10.7. The Labute approximate surface area is 214 Å². The van der Waals surface area contributed by atoms with Gasteiger partial charge in [-0.1, -0.05) is 50.3 Å². The summed E-state index contributed by atoms with van der Waals surface area (Å²) in [5, 5.41) is 12.4. The topological polar surface area (TPSA) is 83.0 Å². The second-order valence-corrected chi connectivity index (χ2v) is 8.97. The van der Waals surface area contributed by atoms with Crippen LogP contribution in [0, 0.1) is 19.8 Å². The van der Waals surface area contributed by atoms with E-state index in [0.29, 0.717) is 40.1 Å². The van der Waals surface area contributed by atoms with Crippen molar-refractivity contribution in [1.82, 2.24) is 8.75 Å². The Kier molecular flexibility index (Phi) is 8.39. The van der Waals surface area contributed by atoms with E-state index in [0.717, 1.165) is 48.5 Å². The number of carboxylic acid groups (broad SMARTS) is 1. The van der Waals surface area contributed by atoms with E-state index < -0.39 is 5.97 Å². The third-order valence-electron chi connectivity index (χ3n) is 6.31. The third kappa shape index (κ3) is 5.37. The van der Waals surface area contributed by atoms with E-state index in [4.69, 9.17) is 0 Å². The van der Waals surface area contributed by atoms with Crippen molar-refractivity contribution in [2.75, 3.05) is 0 Å². The Balaban J connectivity index is 0.00000289. The van der Waals surface area contributed by atoms with Gasteiger partial charge >= 0.3 is 29.6 Å². The molecular formula is C25H25N2NaO3S. The summed E-state index contributed by atoms with van der Waals surface area (Å²) in [5.74, 6) is -1.26.